The van der Waals surface area contributed by atoms with Crippen LogP contribution in [0.1, 0.15) is 73.3 Å². The Kier molecular flexibility index (Phi) is 7.08. The molecule has 2 aromatic carbocycles. The normalized spacial score (nSPS) is 16.0. The largest absolute Gasteiger partial charge is 0.487 e. The number of nitrogens with zero attached hydrogens (tertiary/aromatic N) is 3. The van der Waals surface area contributed by atoms with Gasteiger partial charge in [-0.3, -0.25) is 0 Å². The third-order valence-electron chi connectivity index (χ3n) is 6.75. The van der Waals surface area contributed by atoms with E-state index < -0.39 is 5.97 Å². The summed E-state index contributed by atoms with van der Waals surface area (Å²) in [4.78, 5) is 23.0. The van der Waals surface area contributed by atoms with Gasteiger partial charge in [0.2, 0.25) is 5.95 Å². The summed E-state index contributed by atoms with van der Waals surface area (Å²) in [6.45, 7) is 7.43. The smallest absolute Gasteiger partial charge is 0.339 e. The Labute approximate surface area is 205 Å². The first kappa shape index (κ1) is 24.0. The average molecular weight is 480 g/mol. The lowest BCUT2D eigenvalue weighted by atomic mass is 9.82. The lowest BCUT2D eigenvalue weighted by molar-refractivity contribution is 0.0692. The van der Waals surface area contributed by atoms with E-state index in [-0.39, 0.29) is 23.6 Å². The standard InChI is InChI=1S/C27H30ClN3O3/c1-4-27(2,3)19-9-13-21(14-10-19)34-17-23-22(25(32)33)16-29-26(30-23)31-15-5-6-24(31)18-7-11-20(28)12-8-18/h7-14,16,24H,4-6,15,17H2,1-3H3,(H,32,33)/t24-/m0/s1. The van der Waals surface area contributed by atoms with Crippen LogP contribution in [0.4, 0.5) is 5.95 Å². The Morgan fingerprint density at radius 1 is 1.18 bits per heavy atom. The van der Waals surface area contributed by atoms with Crippen LogP contribution in [0.2, 0.25) is 5.02 Å². The predicted octanol–water partition coefficient (Wildman–Crippen LogP) is 6.44. The summed E-state index contributed by atoms with van der Waals surface area (Å²) < 4.78 is 5.94. The van der Waals surface area contributed by atoms with E-state index in [0.29, 0.717) is 22.4 Å². The summed E-state index contributed by atoms with van der Waals surface area (Å²) in [5, 5.41) is 10.4. The maximum Gasteiger partial charge on any atom is 0.339 e. The van der Waals surface area contributed by atoms with Crippen LogP contribution in [0.5, 0.6) is 5.75 Å². The van der Waals surface area contributed by atoms with Gasteiger partial charge in [0.25, 0.3) is 0 Å². The van der Waals surface area contributed by atoms with E-state index in [0.717, 1.165) is 31.4 Å². The SMILES string of the molecule is CCC(C)(C)c1ccc(OCc2nc(N3CCC[C@H]3c3ccc(Cl)cc3)ncc2C(=O)O)cc1. The molecule has 0 amide bonds. The maximum absolute atomic E-state index is 11.8. The van der Waals surface area contributed by atoms with Crippen molar-refractivity contribution in [3.05, 3.63) is 82.1 Å². The number of anilines is 1. The summed E-state index contributed by atoms with van der Waals surface area (Å²) in [5.74, 6) is 0.120. The van der Waals surface area contributed by atoms with Gasteiger partial charge in [-0.15, -0.1) is 0 Å². The molecule has 1 aliphatic heterocycles. The molecule has 0 aliphatic carbocycles. The number of halogens is 1. The molecular weight excluding hydrogens is 450 g/mol. The quantitative estimate of drug-likeness (QED) is 0.401. The van der Waals surface area contributed by atoms with Crippen molar-refractivity contribution in [1.82, 2.24) is 9.97 Å². The minimum Gasteiger partial charge on any atom is -0.487 e. The van der Waals surface area contributed by atoms with E-state index in [1.165, 1.54) is 11.8 Å². The molecule has 3 aromatic rings. The van der Waals surface area contributed by atoms with Gasteiger partial charge in [0.05, 0.1) is 11.7 Å². The van der Waals surface area contributed by atoms with Gasteiger partial charge in [-0.2, -0.15) is 0 Å². The monoisotopic (exact) mass is 479 g/mol. The van der Waals surface area contributed by atoms with Gasteiger partial charge in [0.1, 0.15) is 17.9 Å². The Morgan fingerprint density at radius 2 is 1.88 bits per heavy atom. The first-order valence-electron chi connectivity index (χ1n) is 11.6. The zero-order chi connectivity index (χ0) is 24.3. The number of carbonyl (C=O) groups is 1. The summed E-state index contributed by atoms with van der Waals surface area (Å²) in [6, 6.07) is 15.9. The summed E-state index contributed by atoms with van der Waals surface area (Å²) in [5.41, 5.74) is 2.88. The summed E-state index contributed by atoms with van der Waals surface area (Å²) in [7, 11) is 0. The number of aromatic carboxylic acids is 1. The van der Waals surface area contributed by atoms with Crippen LogP contribution in [0.25, 0.3) is 0 Å². The fraction of sp³-hybridized carbons (Fsp3) is 0.370. The zero-order valence-electron chi connectivity index (χ0n) is 19.8. The van der Waals surface area contributed by atoms with Crippen molar-refractivity contribution in [2.24, 2.45) is 0 Å². The lowest BCUT2D eigenvalue weighted by Gasteiger charge is -2.25. The number of hydrogen-bond donors (Lipinski definition) is 1. The van der Waals surface area contributed by atoms with E-state index in [2.05, 4.69) is 47.8 Å². The van der Waals surface area contributed by atoms with Gasteiger partial charge in [-0.1, -0.05) is 56.6 Å². The minimum atomic E-state index is -1.07. The topological polar surface area (TPSA) is 75.5 Å². The highest BCUT2D eigenvalue weighted by atomic mass is 35.5. The molecule has 0 radical (unpaired) electrons. The highest BCUT2D eigenvalue weighted by Crippen LogP contribution is 2.35. The molecule has 34 heavy (non-hydrogen) atoms. The van der Waals surface area contributed by atoms with Crippen molar-refractivity contribution in [1.29, 1.82) is 0 Å². The Hall–Kier alpha value is -3.12. The van der Waals surface area contributed by atoms with Gasteiger partial charge in [-0.25, -0.2) is 14.8 Å². The third-order valence-corrected chi connectivity index (χ3v) is 7.00. The van der Waals surface area contributed by atoms with Crippen molar-refractivity contribution in [2.45, 2.75) is 58.1 Å². The van der Waals surface area contributed by atoms with Crippen LogP contribution in [-0.4, -0.2) is 27.6 Å². The number of ether oxygens (including phenoxy) is 1. The first-order chi connectivity index (χ1) is 16.3. The van der Waals surface area contributed by atoms with Gasteiger partial charge < -0.3 is 14.7 Å². The fourth-order valence-corrected chi connectivity index (χ4v) is 4.36. The fourth-order valence-electron chi connectivity index (χ4n) is 4.23. The number of benzene rings is 2. The van der Waals surface area contributed by atoms with Crippen LogP contribution in [-0.2, 0) is 12.0 Å². The van der Waals surface area contributed by atoms with Crippen LogP contribution < -0.4 is 9.64 Å². The molecule has 1 aromatic heterocycles. The van der Waals surface area contributed by atoms with Crippen LogP contribution in [0.15, 0.2) is 54.7 Å². The zero-order valence-corrected chi connectivity index (χ0v) is 20.5. The number of rotatable bonds is 8. The van der Waals surface area contributed by atoms with Crippen molar-refractivity contribution in [3.63, 3.8) is 0 Å². The molecule has 1 fully saturated rings. The molecule has 0 bridgehead atoms. The van der Waals surface area contributed by atoms with Crippen molar-refractivity contribution >= 4 is 23.5 Å². The number of carboxylic acid groups (broad SMARTS) is 1. The second-order valence-electron chi connectivity index (χ2n) is 9.29. The molecule has 178 valence electrons. The Balaban J connectivity index is 1.55. The second-order valence-corrected chi connectivity index (χ2v) is 9.73. The van der Waals surface area contributed by atoms with Gasteiger partial charge >= 0.3 is 5.97 Å². The maximum atomic E-state index is 11.8. The van der Waals surface area contributed by atoms with Gasteiger partial charge in [0.15, 0.2) is 0 Å². The van der Waals surface area contributed by atoms with Crippen LogP contribution >= 0.6 is 11.6 Å². The van der Waals surface area contributed by atoms with Crippen molar-refractivity contribution in [2.75, 3.05) is 11.4 Å². The Bertz CT molecular complexity index is 1150. The van der Waals surface area contributed by atoms with Gasteiger partial charge in [-0.05, 0) is 60.1 Å². The molecule has 0 unspecified atom stereocenters. The molecular formula is C27H30ClN3O3. The lowest BCUT2D eigenvalue weighted by Crippen LogP contribution is -2.26. The molecule has 2 heterocycles. The molecule has 1 saturated heterocycles. The average Bonchev–Trinajstić information content (AvgIpc) is 3.33. The molecule has 1 atom stereocenters. The predicted molar refractivity (Wildman–Crippen MR) is 134 cm³/mol. The molecule has 6 nitrogen and oxygen atoms in total. The van der Waals surface area contributed by atoms with Crippen LogP contribution in [0, 0.1) is 0 Å². The van der Waals surface area contributed by atoms with Crippen molar-refractivity contribution < 1.29 is 14.6 Å². The molecule has 4 rings (SSSR count). The number of carboxylic acids is 1. The van der Waals surface area contributed by atoms with E-state index in [9.17, 15) is 9.90 Å². The van der Waals surface area contributed by atoms with Gasteiger partial charge in [0, 0.05) is 17.8 Å². The van der Waals surface area contributed by atoms with E-state index in [1.54, 1.807) is 0 Å². The molecule has 1 aliphatic rings. The highest BCUT2D eigenvalue weighted by molar-refractivity contribution is 6.30. The van der Waals surface area contributed by atoms with Crippen molar-refractivity contribution in [3.8, 4) is 5.75 Å². The Morgan fingerprint density at radius 3 is 2.53 bits per heavy atom. The number of aromatic nitrogens is 2. The first-order valence-corrected chi connectivity index (χ1v) is 12.0. The molecule has 0 saturated carbocycles. The third kappa shape index (κ3) is 5.17. The second kappa shape index (κ2) is 10.0. The van der Waals surface area contributed by atoms with E-state index in [4.69, 9.17) is 16.3 Å². The summed E-state index contributed by atoms with van der Waals surface area (Å²) >= 11 is 6.06. The molecule has 0 spiro atoms. The van der Waals surface area contributed by atoms with E-state index in [1.807, 2.05) is 36.4 Å². The highest BCUT2D eigenvalue weighted by Gasteiger charge is 2.29. The molecule has 7 heteroatoms. The molecule has 1 N–H and O–H groups in total. The minimum absolute atomic E-state index is 0.0487. The van der Waals surface area contributed by atoms with E-state index >= 15 is 0 Å². The number of hydrogen-bond acceptors (Lipinski definition) is 5. The summed E-state index contributed by atoms with van der Waals surface area (Å²) in [6.07, 6.45) is 4.39. The van der Waals surface area contributed by atoms with Crippen LogP contribution in [0.3, 0.4) is 0 Å².